The van der Waals surface area contributed by atoms with Crippen LogP contribution in [0.25, 0.3) is 0 Å². The summed E-state index contributed by atoms with van der Waals surface area (Å²) in [6.07, 6.45) is 0.245. The Morgan fingerprint density at radius 3 is 2.47 bits per heavy atom. The Bertz CT molecular complexity index is 1280. The zero-order valence-corrected chi connectivity index (χ0v) is 17.4. The molecule has 32 heavy (non-hydrogen) atoms. The molecular formula is C22H16FN3O5S. The van der Waals surface area contributed by atoms with Crippen molar-refractivity contribution in [3.8, 4) is 0 Å². The van der Waals surface area contributed by atoms with E-state index < -0.39 is 35.4 Å². The Morgan fingerprint density at radius 2 is 1.75 bits per heavy atom. The molecular weight excluding hydrogens is 437 g/mol. The molecule has 1 atom stereocenters. The van der Waals surface area contributed by atoms with Gasteiger partial charge in [-0.1, -0.05) is 12.1 Å². The lowest BCUT2D eigenvalue weighted by molar-refractivity contribution is 0.0558. The first-order valence-corrected chi connectivity index (χ1v) is 10.7. The number of halogens is 1. The first kappa shape index (κ1) is 20.1. The van der Waals surface area contributed by atoms with Gasteiger partial charge < -0.3 is 9.30 Å². The number of imide groups is 1. The summed E-state index contributed by atoms with van der Waals surface area (Å²) in [5, 5.41) is 2.37. The summed E-state index contributed by atoms with van der Waals surface area (Å²) in [6.45, 7) is 0.298. The molecule has 10 heteroatoms. The number of cyclic esters (lactones) is 1. The van der Waals surface area contributed by atoms with Crippen LogP contribution >= 0.6 is 11.3 Å². The second-order valence-electron chi connectivity index (χ2n) is 7.47. The number of aromatic nitrogens is 1. The number of hydrogen-bond acceptors (Lipinski definition) is 6. The van der Waals surface area contributed by atoms with Crippen LogP contribution in [-0.2, 0) is 11.3 Å². The highest BCUT2D eigenvalue weighted by Crippen LogP contribution is 2.30. The van der Waals surface area contributed by atoms with Crippen molar-refractivity contribution in [1.29, 1.82) is 0 Å². The number of thiophene rings is 1. The van der Waals surface area contributed by atoms with Gasteiger partial charge in [-0.05, 0) is 41.3 Å². The van der Waals surface area contributed by atoms with Gasteiger partial charge >= 0.3 is 6.09 Å². The quantitative estimate of drug-likeness (QED) is 0.555. The molecule has 0 spiro atoms. The van der Waals surface area contributed by atoms with Crippen molar-refractivity contribution in [1.82, 2.24) is 9.47 Å². The van der Waals surface area contributed by atoms with Crippen LogP contribution in [-0.4, -0.2) is 46.6 Å². The molecule has 0 bridgehead atoms. The highest BCUT2D eigenvalue weighted by Gasteiger charge is 2.41. The Kier molecular flexibility index (Phi) is 4.86. The normalized spacial score (nSPS) is 17.8. The fourth-order valence-corrected chi connectivity index (χ4v) is 4.73. The Morgan fingerprint density at radius 1 is 1.03 bits per heavy atom. The number of carbonyl (C=O) groups is 3. The van der Waals surface area contributed by atoms with Crippen LogP contribution in [0.1, 0.15) is 26.3 Å². The number of benzene rings is 1. The first-order chi connectivity index (χ1) is 15.4. The van der Waals surface area contributed by atoms with Crippen LogP contribution < -0.4 is 10.5 Å². The fraction of sp³-hybridized carbons (Fsp3) is 0.182. The maximum Gasteiger partial charge on any atom is 0.415 e. The SMILES string of the molecule is O=C1c2ccccc2C(=O)N1C[C@H]1CN(c2cc(Cn3cccc(F)c3=O)cs2)C(=O)O1. The van der Waals surface area contributed by atoms with Gasteiger partial charge in [-0.3, -0.25) is 24.2 Å². The van der Waals surface area contributed by atoms with E-state index in [-0.39, 0.29) is 19.6 Å². The third-order valence-corrected chi connectivity index (χ3v) is 6.37. The van der Waals surface area contributed by atoms with Crippen LogP contribution in [0.3, 0.4) is 0 Å². The molecule has 2 aromatic heterocycles. The summed E-state index contributed by atoms with van der Waals surface area (Å²) in [7, 11) is 0. The minimum absolute atomic E-state index is 0.0362. The second-order valence-corrected chi connectivity index (χ2v) is 8.35. The molecule has 5 rings (SSSR count). The van der Waals surface area contributed by atoms with Crippen LogP contribution in [0, 0.1) is 5.82 Å². The summed E-state index contributed by atoms with van der Waals surface area (Å²) in [5.41, 5.74) is 0.694. The van der Waals surface area contributed by atoms with Crippen molar-refractivity contribution < 1.29 is 23.5 Å². The maximum atomic E-state index is 13.5. The van der Waals surface area contributed by atoms with E-state index in [2.05, 4.69) is 0 Å². The van der Waals surface area contributed by atoms with Crippen molar-refractivity contribution in [2.45, 2.75) is 12.6 Å². The van der Waals surface area contributed by atoms with Gasteiger partial charge in [0.1, 0.15) is 11.1 Å². The van der Waals surface area contributed by atoms with E-state index in [4.69, 9.17) is 4.74 Å². The van der Waals surface area contributed by atoms with Gasteiger partial charge in [0.05, 0.1) is 30.8 Å². The summed E-state index contributed by atoms with van der Waals surface area (Å²) >= 11 is 1.28. The third kappa shape index (κ3) is 3.38. The molecule has 162 valence electrons. The molecule has 1 aromatic carbocycles. The van der Waals surface area contributed by atoms with Crippen molar-refractivity contribution in [3.63, 3.8) is 0 Å². The van der Waals surface area contributed by atoms with Crippen LogP contribution in [0.2, 0.25) is 0 Å². The van der Waals surface area contributed by atoms with Crippen molar-refractivity contribution in [3.05, 3.63) is 86.9 Å². The van der Waals surface area contributed by atoms with E-state index in [1.807, 2.05) is 0 Å². The molecule has 2 aliphatic rings. The minimum Gasteiger partial charge on any atom is -0.442 e. The number of ether oxygens (including phenoxy) is 1. The Hall–Kier alpha value is -3.79. The molecule has 0 unspecified atom stereocenters. The zero-order valence-electron chi connectivity index (χ0n) is 16.6. The predicted octanol–water partition coefficient (Wildman–Crippen LogP) is 2.72. The molecule has 0 radical (unpaired) electrons. The van der Waals surface area contributed by atoms with E-state index in [0.717, 1.165) is 16.5 Å². The lowest BCUT2D eigenvalue weighted by atomic mass is 10.1. The predicted molar refractivity (Wildman–Crippen MR) is 114 cm³/mol. The summed E-state index contributed by atoms with van der Waals surface area (Å²) in [6, 6.07) is 10.9. The monoisotopic (exact) mass is 453 g/mol. The molecule has 8 nitrogen and oxygen atoms in total. The molecule has 4 heterocycles. The number of rotatable bonds is 5. The van der Waals surface area contributed by atoms with Crippen LogP contribution in [0.4, 0.5) is 14.2 Å². The molecule has 0 aliphatic carbocycles. The number of nitrogens with zero attached hydrogens (tertiary/aromatic N) is 3. The Labute approximate surface area is 185 Å². The van der Waals surface area contributed by atoms with Gasteiger partial charge in [-0.2, -0.15) is 0 Å². The molecule has 3 aromatic rings. The van der Waals surface area contributed by atoms with Gasteiger partial charge in [-0.15, -0.1) is 11.3 Å². The van der Waals surface area contributed by atoms with Gasteiger partial charge in [-0.25, -0.2) is 9.18 Å². The molecule has 1 fully saturated rings. The highest BCUT2D eigenvalue weighted by molar-refractivity contribution is 7.14. The van der Waals surface area contributed by atoms with Gasteiger partial charge in [0.25, 0.3) is 17.4 Å². The molecule has 2 aliphatic heterocycles. The average molecular weight is 453 g/mol. The van der Waals surface area contributed by atoms with E-state index in [1.165, 1.54) is 33.1 Å². The molecule has 0 N–H and O–H groups in total. The van der Waals surface area contributed by atoms with Crippen molar-refractivity contribution >= 4 is 34.2 Å². The van der Waals surface area contributed by atoms with Crippen molar-refractivity contribution in [2.24, 2.45) is 0 Å². The van der Waals surface area contributed by atoms with Crippen LogP contribution in [0.15, 0.2) is 58.8 Å². The number of carbonyl (C=O) groups excluding carboxylic acids is 3. The van der Waals surface area contributed by atoms with Crippen LogP contribution in [0.5, 0.6) is 0 Å². The van der Waals surface area contributed by atoms with E-state index in [9.17, 15) is 23.6 Å². The number of amides is 3. The molecule has 3 amide bonds. The van der Waals surface area contributed by atoms with Gasteiger partial charge in [0.2, 0.25) is 0 Å². The van der Waals surface area contributed by atoms with E-state index in [0.29, 0.717) is 16.1 Å². The Balaban J connectivity index is 1.28. The van der Waals surface area contributed by atoms with Gasteiger partial charge in [0.15, 0.2) is 5.82 Å². The minimum atomic E-state index is -0.831. The van der Waals surface area contributed by atoms with E-state index >= 15 is 0 Å². The average Bonchev–Trinajstić information content (AvgIpc) is 3.45. The number of fused-ring (bicyclic) bond motifs is 1. The number of anilines is 1. The number of pyridine rings is 1. The first-order valence-electron chi connectivity index (χ1n) is 9.78. The topological polar surface area (TPSA) is 88.9 Å². The number of hydrogen-bond donors (Lipinski definition) is 0. The molecule has 0 saturated carbocycles. The summed E-state index contributed by atoms with van der Waals surface area (Å²) in [5.74, 6) is -1.64. The second kappa shape index (κ2) is 7.72. The fourth-order valence-electron chi connectivity index (χ4n) is 3.82. The largest absolute Gasteiger partial charge is 0.442 e. The summed E-state index contributed by atoms with van der Waals surface area (Å²) in [4.78, 5) is 51.9. The highest BCUT2D eigenvalue weighted by atomic mass is 32.1. The maximum absolute atomic E-state index is 13.5. The zero-order chi connectivity index (χ0) is 22.4. The molecule has 1 saturated heterocycles. The lowest BCUT2D eigenvalue weighted by Crippen LogP contribution is -2.38. The standard InChI is InChI=1S/C22H16FN3O5S/c23-17-6-3-7-24(21(17)29)9-13-8-18(32-12-13)25-10-14(31-22(25)30)11-26-19(27)15-4-1-2-5-16(15)20(26)28/h1-8,12,14H,9-11H2/t14-/m1/s1. The van der Waals surface area contributed by atoms with E-state index in [1.54, 1.807) is 35.7 Å². The third-order valence-electron chi connectivity index (χ3n) is 5.37. The summed E-state index contributed by atoms with van der Waals surface area (Å²) < 4.78 is 20.1. The lowest BCUT2D eigenvalue weighted by Gasteiger charge is -2.17. The van der Waals surface area contributed by atoms with Gasteiger partial charge in [0, 0.05) is 6.20 Å². The van der Waals surface area contributed by atoms with Crippen molar-refractivity contribution in [2.75, 3.05) is 18.0 Å². The smallest absolute Gasteiger partial charge is 0.415 e.